The monoisotopic (exact) mass is 684 g/mol. The van der Waals surface area contributed by atoms with Gasteiger partial charge in [0.1, 0.15) is 29.4 Å². The van der Waals surface area contributed by atoms with E-state index >= 15 is 0 Å². The molecular formula is C34H32N6O8S. The number of aromatic nitrogens is 3. The largest absolute Gasteiger partial charge is 0.464 e. The lowest BCUT2D eigenvalue weighted by Crippen LogP contribution is -2.15. The summed E-state index contributed by atoms with van der Waals surface area (Å²) < 4.78 is 35.2. The molecular weight excluding hydrogens is 652 g/mol. The molecule has 0 unspecified atom stereocenters. The summed E-state index contributed by atoms with van der Waals surface area (Å²) in [4.78, 5) is 51.5. The number of carbonyl (C=O) groups excluding carboxylic acids is 4. The number of carbonyl (C=O) groups is 4. The van der Waals surface area contributed by atoms with Crippen LogP contribution < -0.4 is 16.0 Å². The van der Waals surface area contributed by atoms with Crippen LogP contribution in [0.3, 0.4) is 0 Å². The Morgan fingerprint density at radius 2 is 1.20 bits per heavy atom. The highest BCUT2D eigenvalue weighted by atomic mass is 32.2. The third-order valence-electron chi connectivity index (χ3n) is 7.58. The molecule has 3 heterocycles. The molecule has 0 aliphatic heterocycles. The van der Waals surface area contributed by atoms with E-state index < -0.39 is 45.9 Å². The van der Waals surface area contributed by atoms with Crippen molar-refractivity contribution in [2.75, 3.05) is 35.4 Å². The number of nitrogens with zero attached hydrogens (tertiary/aromatic N) is 3. The molecule has 14 nitrogen and oxygen atoms in total. The van der Waals surface area contributed by atoms with Crippen molar-refractivity contribution in [2.45, 2.75) is 4.90 Å². The van der Waals surface area contributed by atoms with E-state index in [4.69, 9.17) is 9.84 Å². The lowest BCUT2D eigenvalue weighted by molar-refractivity contribution is 0.0589. The predicted octanol–water partition coefficient (Wildman–Crippen LogP) is 3.17. The minimum atomic E-state index is -3.83. The number of benzene rings is 2. The number of nitrogens with one attached hydrogen (secondary N) is 3. The van der Waals surface area contributed by atoms with E-state index in [0.29, 0.717) is 27.8 Å². The third-order valence-corrected chi connectivity index (χ3v) is 9.13. The second-order valence-corrected chi connectivity index (χ2v) is 12.9. The Morgan fingerprint density at radius 1 is 0.714 bits per heavy atom. The quantitative estimate of drug-likeness (QED) is 0.135. The van der Waals surface area contributed by atoms with Gasteiger partial charge in [0, 0.05) is 50.7 Å². The average Bonchev–Trinajstić information content (AvgIpc) is 3.74. The maximum absolute atomic E-state index is 13.4. The maximum Gasteiger partial charge on any atom is 0.354 e. The van der Waals surface area contributed by atoms with Gasteiger partial charge in [-0.1, -0.05) is 36.1 Å². The zero-order valence-corrected chi connectivity index (χ0v) is 27.7. The molecule has 0 saturated heterocycles. The van der Waals surface area contributed by atoms with Crippen LogP contribution in [0.1, 0.15) is 41.8 Å². The molecule has 15 heteroatoms. The first-order valence-corrected chi connectivity index (χ1v) is 16.3. The minimum absolute atomic E-state index is 0.0138. The Kier molecular flexibility index (Phi) is 9.74. The van der Waals surface area contributed by atoms with Gasteiger partial charge in [0.2, 0.25) is 0 Å². The summed E-state index contributed by atoms with van der Waals surface area (Å²) in [5.74, 6) is 2.24. The highest BCUT2D eigenvalue weighted by Crippen LogP contribution is 2.28. The number of aliphatic hydroxyl groups is 1. The molecule has 5 rings (SSSR count). The Hall–Kier alpha value is -6.11. The molecule has 252 valence electrons. The summed E-state index contributed by atoms with van der Waals surface area (Å²) in [5, 5.41) is 17.9. The molecule has 0 atom stereocenters. The van der Waals surface area contributed by atoms with Crippen LogP contribution in [-0.2, 0) is 35.7 Å². The Bertz CT molecular complexity index is 2300. The van der Waals surface area contributed by atoms with Crippen LogP contribution >= 0.6 is 0 Å². The minimum Gasteiger partial charge on any atom is -0.464 e. The van der Waals surface area contributed by atoms with Crippen molar-refractivity contribution in [2.24, 2.45) is 21.1 Å². The molecule has 0 saturated carbocycles. The summed E-state index contributed by atoms with van der Waals surface area (Å²) >= 11 is 0. The number of aryl methyl sites for hydroxylation is 3. The molecule has 49 heavy (non-hydrogen) atoms. The van der Waals surface area contributed by atoms with Crippen molar-refractivity contribution in [1.82, 2.24) is 13.7 Å². The van der Waals surface area contributed by atoms with Crippen LogP contribution in [0.2, 0.25) is 0 Å². The summed E-state index contributed by atoms with van der Waals surface area (Å²) in [5.41, 5.74) is 1.97. The maximum atomic E-state index is 13.4. The number of anilines is 3. The van der Waals surface area contributed by atoms with Gasteiger partial charge in [-0.3, -0.25) is 14.4 Å². The fourth-order valence-electron chi connectivity index (χ4n) is 5.28. The molecule has 0 spiro atoms. The van der Waals surface area contributed by atoms with E-state index in [1.54, 1.807) is 64.0 Å². The summed E-state index contributed by atoms with van der Waals surface area (Å²) in [6.07, 6.45) is 4.69. The number of fused-ring (bicyclic) bond motifs is 1. The first-order chi connectivity index (χ1) is 23.3. The highest BCUT2D eigenvalue weighted by Gasteiger charge is 2.21. The molecule has 4 N–H and O–H groups in total. The number of rotatable bonds is 9. The number of esters is 1. The van der Waals surface area contributed by atoms with Crippen LogP contribution in [-0.4, -0.2) is 70.4 Å². The molecule has 3 aromatic heterocycles. The van der Waals surface area contributed by atoms with E-state index in [0.717, 1.165) is 0 Å². The van der Waals surface area contributed by atoms with Crippen LogP contribution in [0.5, 0.6) is 0 Å². The van der Waals surface area contributed by atoms with E-state index in [9.17, 15) is 27.6 Å². The summed E-state index contributed by atoms with van der Waals surface area (Å²) in [7, 11) is 2.35. The smallest absolute Gasteiger partial charge is 0.354 e. The van der Waals surface area contributed by atoms with Crippen molar-refractivity contribution in [3.8, 4) is 11.8 Å². The van der Waals surface area contributed by atoms with Crippen LogP contribution in [0.25, 0.3) is 10.8 Å². The summed E-state index contributed by atoms with van der Waals surface area (Å²) in [6, 6.07) is 13.8. The van der Waals surface area contributed by atoms with E-state index in [1.807, 2.05) is 0 Å². The fraction of sp³-hybridized carbons (Fsp3) is 0.176. The van der Waals surface area contributed by atoms with E-state index in [-0.39, 0.29) is 27.5 Å². The molecule has 5 aromatic rings. The van der Waals surface area contributed by atoms with Crippen molar-refractivity contribution in [3.63, 3.8) is 0 Å². The molecule has 0 bridgehead atoms. The first kappa shape index (κ1) is 34.2. The zero-order valence-electron chi connectivity index (χ0n) is 26.9. The van der Waals surface area contributed by atoms with Gasteiger partial charge in [-0.05, 0) is 35.7 Å². The topological polar surface area (TPSA) is 183 Å². The Labute approximate surface area is 281 Å². The van der Waals surface area contributed by atoms with Gasteiger partial charge in [0.15, 0.2) is 9.84 Å². The fourth-order valence-corrected chi connectivity index (χ4v) is 6.52. The molecule has 0 fully saturated rings. The SMILES string of the molecule is COC(=O)c1cc(NC(=O)c2cc(NC(=O)c3cc(NC(=O)c4cccc5c(S(=O)(=O)CC#CCO)cccc45)cn3C)cn2C)cn1C. The summed E-state index contributed by atoms with van der Waals surface area (Å²) in [6.45, 7) is -0.457. The van der Waals surface area contributed by atoms with Crippen molar-refractivity contribution in [3.05, 3.63) is 95.8 Å². The molecule has 2 aromatic carbocycles. The molecule has 0 aliphatic rings. The lowest BCUT2D eigenvalue weighted by atomic mass is 10.0. The van der Waals surface area contributed by atoms with Gasteiger partial charge in [-0.2, -0.15) is 0 Å². The number of hydrogen-bond donors (Lipinski definition) is 4. The number of aliphatic hydroxyl groups excluding tert-OH is 1. The highest BCUT2D eigenvalue weighted by molar-refractivity contribution is 7.91. The number of ether oxygens (including phenoxy) is 1. The van der Waals surface area contributed by atoms with Gasteiger partial charge in [-0.25, -0.2) is 13.2 Å². The number of sulfone groups is 1. The van der Waals surface area contributed by atoms with Crippen LogP contribution in [0.4, 0.5) is 17.1 Å². The van der Waals surface area contributed by atoms with Gasteiger partial charge < -0.3 is 39.5 Å². The van der Waals surface area contributed by atoms with Gasteiger partial charge >= 0.3 is 5.97 Å². The number of hydrogen-bond acceptors (Lipinski definition) is 8. The van der Waals surface area contributed by atoms with Crippen LogP contribution in [0, 0.1) is 11.8 Å². The zero-order chi connectivity index (χ0) is 35.5. The van der Waals surface area contributed by atoms with Gasteiger partial charge in [-0.15, -0.1) is 0 Å². The van der Waals surface area contributed by atoms with Crippen molar-refractivity contribution in [1.29, 1.82) is 0 Å². The van der Waals surface area contributed by atoms with Gasteiger partial charge in [0.05, 0.1) is 29.1 Å². The standard InChI is InChI=1S/C34H32N6O8S/c1-38-18-21(35-31(42)26-11-7-10-25-24(26)9-8-12-30(25)49(46,47)14-6-5-13-41)15-27(38)32(43)36-22-16-28(39(2)19-22)33(44)37-23-17-29(34(45)48-4)40(3)20-23/h7-12,15-20,41H,13-14H2,1-4H3,(H,35,42)(H,36,43)(H,37,44). The normalized spacial score (nSPS) is 11.0. The number of amides is 3. The second kappa shape index (κ2) is 13.9. The van der Waals surface area contributed by atoms with E-state index in [2.05, 4.69) is 27.8 Å². The third kappa shape index (κ3) is 7.25. The van der Waals surface area contributed by atoms with Crippen molar-refractivity contribution >= 4 is 61.4 Å². The number of methoxy groups -OCH3 is 1. The first-order valence-electron chi connectivity index (χ1n) is 14.7. The predicted molar refractivity (Wildman–Crippen MR) is 182 cm³/mol. The second-order valence-electron chi connectivity index (χ2n) is 11.0. The van der Waals surface area contributed by atoms with E-state index in [1.165, 1.54) is 51.1 Å². The van der Waals surface area contributed by atoms with Gasteiger partial charge in [0.25, 0.3) is 17.7 Å². The molecule has 0 aliphatic carbocycles. The Balaban J connectivity index is 1.30. The molecule has 3 amide bonds. The molecule has 0 radical (unpaired) electrons. The van der Waals surface area contributed by atoms with Crippen molar-refractivity contribution < 1.29 is 37.4 Å². The van der Waals surface area contributed by atoms with Crippen LogP contribution in [0.15, 0.2) is 78.1 Å². The Morgan fingerprint density at radius 3 is 1.76 bits per heavy atom. The average molecular weight is 685 g/mol. The lowest BCUT2D eigenvalue weighted by Gasteiger charge is -2.10.